The van der Waals surface area contributed by atoms with Crippen LogP contribution in [0, 0.1) is 0 Å². The van der Waals surface area contributed by atoms with Crippen LogP contribution in [-0.2, 0) is 22.0 Å². The van der Waals surface area contributed by atoms with Gasteiger partial charge in [-0.2, -0.15) is 8.42 Å². The Morgan fingerprint density at radius 3 is 2.15 bits per heavy atom. The lowest BCUT2D eigenvalue weighted by Crippen LogP contribution is -2.28. The second-order valence-electron chi connectivity index (χ2n) is 12.2. The van der Waals surface area contributed by atoms with Crippen LogP contribution in [0.2, 0.25) is 10.0 Å². The monoisotopic (exact) mass is 676 g/mol. The molecular weight excluding hydrogens is 643 g/mol. The average Bonchev–Trinajstić information content (AvgIpc) is 3.49. The summed E-state index contributed by atoms with van der Waals surface area (Å²) in [5.74, 6) is -0.493. The van der Waals surface area contributed by atoms with Crippen molar-refractivity contribution in [3.8, 4) is 22.5 Å². The van der Waals surface area contributed by atoms with Crippen molar-refractivity contribution in [2.75, 3.05) is 12.3 Å². The first-order chi connectivity index (χ1) is 21.7. The first kappa shape index (κ1) is 33.4. The fraction of sp³-hybridized carbons (Fsp3) is 0.222. The summed E-state index contributed by atoms with van der Waals surface area (Å²) in [6, 6.07) is 31.0. The smallest absolute Gasteiger partial charge is 0.266 e. The van der Waals surface area contributed by atoms with Crippen LogP contribution < -0.4 is 5.32 Å². The van der Waals surface area contributed by atoms with Crippen LogP contribution in [-0.4, -0.2) is 36.3 Å². The second kappa shape index (κ2) is 13.8. The van der Waals surface area contributed by atoms with Gasteiger partial charge < -0.3 is 9.84 Å². The lowest BCUT2D eigenvalue weighted by Gasteiger charge is -2.21. The number of carbonyl (C=O) groups is 1. The first-order valence-corrected chi connectivity index (χ1v) is 17.1. The molecule has 0 radical (unpaired) electrons. The molecule has 238 valence electrons. The van der Waals surface area contributed by atoms with Crippen LogP contribution in [0.3, 0.4) is 0 Å². The number of benzene rings is 4. The molecule has 5 rings (SSSR count). The number of nitrogens with one attached hydrogen (secondary N) is 1. The van der Waals surface area contributed by atoms with Crippen molar-refractivity contribution < 1.29 is 22.3 Å². The number of hydrogen-bond acceptors (Lipinski definition) is 5. The summed E-state index contributed by atoms with van der Waals surface area (Å²) in [4.78, 5) is 12.5. The fourth-order valence-electron chi connectivity index (χ4n) is 5.19. The number of nitrogens with zero attached hydrogens (tertiary/aromatic N) is 1. The zero-order valence-corrected chi connectivity index (χ0v) is 28.0. The Hall–Kier alpha value is -3.95. The van der Waals surface area contributed by atoms with Gasteiger partial charge in [-0.05, 0) is 76.1 Å². The lowest BCUT2D eigenvalue weighted by molar-refractivity contribution is 0.0956. The quantitative estimate of drug-likeness (QED) is 0.143. The maximum Gasteiger partial charge on any atom is 0.266 e. The maximum atomic E-state index is 12.5. The molecule has 5 aromatic rings. The Morgan fingerprint density at radius 2 is 1.52 bits per heavy atom. The third kappa shape index (κ3) is 8.65. The molecule has 10 heteroatoms. The number of carbonyl (C=O) groups excluding carboxylic acids is 1. The van der Waals surface area contributed by atoms with Gasteiger partial charge in [-0.1, -0.05) is 104 Å². The third-order valence-electron chi connectivity index (χ3n) is 7.71. The second-order valence-corrected chi connectivity index (χ2v) is 14.7. The van der Waals surface area contributed by atoms with Crippen LogP contribution in [0.25, 0.3) is 22.5 Å². The van der Waals surface area contributed by atoms with Crippen molar-refractivity contribution in [3.63, 3.8) is 0 Å². The van der Waals surface area contributed by atoms with E-state index in [0.717, 1.165) is 33.5 Å². The summed E-state index contributed by atoms with van der Waals surface area (Å²) in [5.41, 5.74) is 7.12. The van der Waals surface area contributed by atoms with Gasteiger partial charge in [0.15, 0.2) is 5.76 Å². The molecular formula is C36H34Cl2N2O5S. The highest BCUT2D eigenvalue weighted by Crippen LogP contribution is 2.35. The van der Waals surface area contributed by atoms with Gasteiger partial charge in [0, 0.05) is 39.7 Å². The Kier molecular flexibility index (Phi) is 10.0. The Labute approximate surface area is 279 Å². The van der Waals surface area contributed by atoms with Gasteiger partial charge in [0.05, 0.1) is 11.4 Å². The summed E-state index contributed by atoms with van der Waals surface area (Å²) in [5, 5.41) is 8.14. The van der Waals surface area contributed by atoms with Crippen LogP contribution in [0.5, 0.6) is 0 Å². The molecule has 0 saturated heterocycles. The minimum absolute atomic E-state index is 0.00504. The van der Waals surface area contributed by atoms with Gasteiger partial charge in [-0.3, -0.25) is 9.35 Å². The Bertz CT molecular complexity index is 1930. The summed E-state index contributed by atoms with van der Waals surface area (Å²) >= 11 is 12.5. The number of halogens is 2. The predicted molar refractivity (Wildman–Crippen MR) is 183 cm³/mol. The van der Waals surface area contributed by atoms with Crippen molar-refractivity contribution in [2.24, 2.45) is 0 Å². The minimum Gasteiger partial charge on any atom is -0.356 e. The molecule has 46 heavy (non-hydrogen) atoms. The molecule has 1 heterocycles. The molecule has 1 unspecified atom stereocenters. The van der Waals surface area contributed by atoms with Gasteiger partial charge in [0.2, 0.25) is 0 Å². The van der Waals surface area contributed by atoms with Crippen LogP contribution in [0.15, 0.2) is 102 Å². The van der Waals surface area contributed by atoms with E-state index < -0.39 is 21.8 Å². The van der Waals surface area contributed by atoms with Crippen LogP contribution in [0.4, 0.5) is 0 Å². The Balaban J connectivity index is 1.42. The topological polar surface area (TPSA) is 110 Å². The minimum atomic E-state index is -4.16. The molecule has 0 saturated carbocycles. The summed E-state index contributed by atoms with van der Waals surface area (Å²) < 4.78 is 36.7. The van der Waals surface area contributed by atoms with E-state index in [-0.39, 0.29) is 17.9 Å². The van der Waals surface area contributed by atoms with E-state index >= 15 is 0 Å². The van der Waals surface area contributed by atoms with E-state index in [1.54, 1.807) is 18.2 Å². The van der Waals surface area contributed by atoms with Crippen molar-refractivity contribution in [1.29, 1.82) is 0 Å². The van der Waals surface area contributed by atoms with Crippen molar-refractivity contribution in [3.05, 3.63) is 135 Å². The van der Waals surface area contributed by atoms with E-state index in [0.29, 0.717) is 27.8 Å². The number of hydrogen-bond donors (Lipinski definition) is 2. The number of aromatic nitrogens is 1. The summed E-state index contributed by atoms with van der Waals surface area (Å²) in [6.07, 6.45) is 0.590. The standard InChI is InChI=1S/C36H34Cl2N2O5S/c1-36(2,3)29-13-11-24(12-14-29)32(17-23-7-9-25(10-8-23)35(41)39-15-16-46(42,43)44)33-22-34(45-40-33)27-6-4-5-26(18-27)28-19-30(37)21-31(38)20-28/h4-14,18-22,32H,15-17H2,1-3H3,(H,39,41)(H,42,43,44). The van der Waals surface area contributed by atoms with Crippen molar-refractivity contribution in [2.45, 2.75) is 38.5 Å². The molecule has 1 atom stereocenters. The summed E-state index contributed by atoms with van der Waals surface area (Å²) in [6.45, 7) is 6.34. The Morgan fingerprint density at radius 1 is 0.870 bits per heavy atom. The third-order valence-corrected chi connectivity index (χ3v) is 8.87. The zero-order chi connectivity index (χ0) is 33.1. The SMILES string of the molecule is CC(C)(C)c1ccc(C(Cc2ccc(C(=O)NCCS(=O)(=O)O)cc2)c2cc(-c3cccc(-c4cc(Cl)cc(Cl)c4)c3)on2)cc1. The van der Waals surface area contributed by atoms with Gasteiger partial charge in [-0.15, -0.1) is 0 Å². The van der Waals surface area contributed by atoms with Gasteiger partial charge >= 0.3 is 0 Å². The highest BCUT2D eigenvalue weighted by molar-refractivity contribution is 7.85. The van der Waals surface area contributed by atoms with Crippen molar-refractivity contribution in [1.82, 2.24) is 10.5 Å². The van der Waals surface area contributed by atoms with E-state index in [1.807, 2.05) is 54.6 Å². The summed E-state index contributed by atoms with van der Waals surface area (Å²) in [7, 11) is -4.16. The average molecular weight is 678 g/mol. The molecule has 0 aliphatic carbocycles. The van der Waals surface area contributed by atoms with E-state index in [9.17, 15) is 13.2 Å². The molecule has 7 nitrogen and oxygen atoms in total. The molecule has 0 aliphatic heterocycles. The van der Waals surface area contributed by atoms with Gasteiger partial charge in [0.1, 0.15) is 0 Å². The number of amides is 1. The van der Waals surface area contributed by atoms with E-state index in [1.165, 1.54) is 5.56 Å². The lowest BCUT2D eigenvalue weighted by atomic mass is 9.83. The van der Waals surface area contributed by atoms with E-state index in [2.05, 4.69) is 55.5 Å². The van der Waals surface area contributed by atoms with Gasteiger partial charge in [0.25, 0.3) is 16.0 Å². The van der Waals surface area contributed by atoms with E-state index in [4.69, 9.17) is 32.3 Å². The molecule has 0 spiro atoms. The van der Waals surface area contributed by atoms with Gasteiger partial charge in [-0.25, -0.2) is 0 Å². The molecule has 0 bridgehead atoms. The predicted octanol–water partition coefficient (Wildman–Crippen LogP) is 8.61. The molecule has 1 aromatic heterocycles. The van der Waals surface area contributed by atoms with Crippen LogP contribution in [0.1, 0.15) is 59.4 Å². The largest absolute Gasteiger partial charge is 0.356 e. The van der Waals surface area contributed by atoms with Crippen molar-refractivity contribution >= 4 is 39.2 Å². The zero-order valence-electron chi connectivity index (χ0n) is 25.6. The fourth-order valence-corrected chi connectivity index (χ4v) is 6.08. The highest BCUT2D eigenvalue weighted by Gasteiger charge is 2.22. The van der Waals surface area contributed by atoms with Crippen LogP contribution >= 0.6 is 23.2 Å². The molecule has 0 aliphatic rings. The normalized spacial score (nSPS) is 12.6. The number of rotatable bonds is 10. The molecule has 0 fully saturated rings. The first-order valence-electron chi connectivity index (χ1n) is 14.7. The molecule has 1 amide bonds. The maximum absolute atomic E-state index is 12.5. The highest BCUT2D eigenvalue weighted by atomic mass is 35.5. The molecule has 2 N–H and O–H groups in total. The molecule has 4 aromatic carbocycles.